The van der Waals surface area contributed by atoms with Crippen LogP contribution in [0.1, 0.15) is 11.4 Å². The largest absolute Gasteiger partial charge is 0.268 e. The maximum atomic E-state index is 13.9. The minimum Gasteiger partial charge on any atom is -0.268 e. The summed E-state index contributed by atoms with van der Waals surface area (Å²) < 4.78 is 15.4. The predicted octanol–water partition coefficient (Wildman–Crippen LogP) is 4.70. The normalized spacial score (nSPS) is 11.3. The summed E-state index contributed by atoms with van der Waals surface area (Å²) in [5, 5.41) is 0.541. The molecule has 0 atom stereocenters. The number of para-hydroxylation sites is 2. The van der Waals surface area contributed by atoms with Crippen LogP contribution in [-0.4, -0.2) is 9.55 Å². The number of fused-ring (bicyclic) bond motifs is 1. The summed E-state index contributed by atoms with van der Waals surface area (Å²) in [6.07, 6.45) is 3.30. The van der Waals surface area contributed by atoms with Crippen LogP contribution < -0.4 is 5.56 Å². The van der Waals surface area contributed by atoms with Crippen LogP contribution in [0.2, 0.25) is 0 Å². The molecule has 0 amide bonds. The van der Waals surface area contributed by atoms with Crippen molar-refractivity contribution in [2.24, 2.45) is 0 Å². The average Bonchev–Trinajstić information content (AvgIpc) is 2.68. The molecule has 1 heterocycles. The van der Waals surface area contributed by atoms with Crippen molar-refractivity contribution >= 4 is 23.1 Å². The van der Waals surface area contributed by atoms with Crippen molar-refractivity contribution in [2.45, 2.75) is 0 Å². The zero-order valence-corrected chi connectivity index (χ0v) is 13.8. The molecule has 4 aromatic rings. The molecule has 0 spiro atoms. The maximum Gasteiger partial charge on any atom is 0.266 e. The highest BCUT2D eigenvalue weighted by Crippen LogP contribution is 2.16. The molecular formula is C22H15FN2O. The molecule has 0 aliphatic carbocycles. The van der Waals surface area contributed by atoms with Gasteiger partial charge >= 0.3 is 0 Å². The zero-order chi connectivity index (χ0) is 17.9. The summed E-state index contributed by atoms with van der Waals surface area (Å²) in [6.45, 7) is 0. The van der Waals surface area contributed by atoms with Crippen LogP contribution in [0.15, 0.2) is 83.7 Å². The molecule has 4 rings (SSSR count). The van der Waals surface area contributed by atoms with Gasteiger partial charge in [0.1, 0.15) is 11.6 Å². The summed E-state index contributed by atoms with van der Waals surface area (Å²) >= 11 is 0. The van der Waals surface area contributed by atoms with E-state index in [2.05, 4.69) is 4.98 Å². The van der Waals surface area contributed by atoms with Gasteiger partial charge in [0.05, 0.1) is 16.6 Å². The van der Waals surface area contributed by atoms with Crippen molar-refractivity contribution in [1.82, 2.24) is 9.55 Å². The molecular weight excluding hydrogens is 327 g/mol. The van der Waals surface area contributed by atoms with Crippen molar-refractivity contribution in [3.05, 3.63) is 106 Å². The third-order valence-corrected chi connectivity index (χ3v) is 4.13. The summed E-state index contributed by atoms with van der Waals surface area (Å²) in [4.78, 5) is 17.7. The molecule has 0 bridgehead atoms. The summed E-state index contributed by atoms with van der Waals surface area (Å²) in [6, 6.07) is 23.0. The van der Waals surface area contributed by atoms with Crippen molar-refractivity contribution in [2.75, 3.05) is 0 Å². The molecule has 26 heavy (non-hydrogen) atoms. The second-order valence-corrected chi connectivity index (χ2v) is 5.82. The summed E-state index contributed by atoms with van der Waals surface area (Å²) in [5.41, 5.74) is 1.60. The maximum absolute atomic E-state index is 13.9. The molecule has 0 aliphatic rings. The van der Waals surface area contributed by atoms with Gasteiger partial charge < -0.3 is 0 Å². The van der Waals surface area contributed by atoms with Crippen molar-refractivity contribution in [3.8, 4) is 5.69 Å². The minimum absolute atomic E-state index is 0.157. The average molecular weight is 342 g/mol. The Balaban J connectivity index is 1.96. The highest BCUT2D eigenvalue weighted by Gasteiger charge is 2.10. The number of nitrogens with zero attached hydrogens (tertiary/aromatic N) is 2. The molecule has 126 valence electrons. The minimum atomic E-state index is -0.321. The third-order valence-electron chi connectivity index (χ3n) is 4.13. The van der Waals surface area contributed by atoms with Crippen LogP contribution in [0.4, 0.5) is 4.39 Å². The van der Waals surface area contributed by atoms with Gasteiger partial charge in [-0.15, -0.1) is 0 Å². The molecule has 0 N–H and O–H groups in total. The monoisotopic (exact) mass is 342 g/mol. The van der Waals surface area contributed by atoms with E-state index in [1.165, 1.54) is 6.07 Å². The van der Waals surface area contributed by atoms with Gasteiger partial charge in [0, 0.05) is 5.56 Å². The molecule has 1 aromatic heterocycles. The number of halogens is 1. The van der Waals surface area contributed by atoms with Crippen molar-refractivity contribution in [1.29, 1.82) is 0 Å². The number of aromatic nitrogens is 2. The topological polar surface area (TPSA) is 34.9 Å². The first-order valence-electron chi connectivity index (χ1n) is 8.24. The lowest BCUT2D eigenvalue weighted by atomic mass is 10.2. The molecule has 4 heteroatoms. The third kappa shape index (κ3) is 2.93. The number of benzene rings is 3. The second-order valence-electron chi connectivity index (χ2n) is 5.82. The highest BCUT2D eigenvalue weighted by molar-refractivity contribution is 5.80. The first-order valence-corrected chi connectivity index (χ1v) is 8.24. The van der Waals surface area contributed by atoms with Crippen LogP contribution in [-0.2, 0) is 0 Å². The van der Waals surface area contributed by atoms with E-state index in [0.717, 1.165) is 0 Å². The van der Waals surface area contributed by atoms with E-state index in [1.807, 2.05) is 42.5 Å². The first kappa shape index (κ1) is 16.0. The lowest BCUT2D eigenvalue weighted by molar-refractivity contribution is 0.625. The van der Waals surface area contributed by atoms with Gasteiger partial charge in [-0.3, -0.25) is 9.36 Å². The van der Waals surface area contributed by atoms with Gasteiger partial charge in [0.2, 0.25) is 0 Å². The fourth-order valence-corrected chi connectivity index (χ4v) is 2.86. The summed E-state index contributed by atoms with van der Waals surface area (Å²) in [5.74, 6) is 0.126. The fourth-order valence-electron chi connectivity index (χ4n) is 2.86. The quantitative estimate of drug-likeness (QED) is 0.541. The van der Waals surface area contributed by atoms with Gasteiger partial charge in [-0.05, 0) is 42.5 Å². The fraction of sp³-hybridized carbons (Fsp3) is 0. The predicted molar refractivity (Wildman–Crippen MR) is 103 cm³/mol. The van der Waals surface area contributed by atoms with Crippen molar-refractivity contribution < 1.29 is 4.39 Å². The number of rotatable bonds is 3. The van der Waals surface area contributed by atoms with Gasteiger partial charge in [-0.25, -0.2) is 9.37 Å². The second kappa shape index (κ2) is 6.76. The Bertz CT molecular complexity index is 1160. The van der Waals surface area contributed by atoms with Crippen LogP contribution in [0.5, 0.6) is 0 Å². The number of hydrogen-bond donors (Lipinski definition) is 0. The molecule has 0 saturated heterocycles. The SMILES string of the molecule is O=c1c2ccccc2nc(/C=C/c2ccccc2F)n1-c1ccccc1. The van der Waals surface area contributed by atoms with Gasteiger partial charge in [0.15, 0.2) is 0 Å². The Morgan fingerprint density at radius 1 is 0.808 bits per heavy atom. The number of hydrogen-bond acceptors (Lipinski definition) is 2. The molecule has 0 saturated carbocycles. The van der Waals surface area contributed by atoms with E-state index in [0.29, 0.717) is 28.0 Å². The van der Waals surface area contributed by atoms with Gasteiger partial charge in [0.25, 0.3) is 5.56 Å². The standard InChI is InChI=1S/C22H15FN2O/c23-19-12-6-4-8-16(19)14-15-21-24-20-13-7-5-11-18(20)22(26)25(21)17-9-2-1-3-10-17/h1-15H/b15-14+. The van der Waals surface area contributed by atoms with Gasteiger partial charge in [-0.2, -0.15) is 0 Å². The van der Waals surface area contributed by atoms with Crippen LogP contribution in [0.25, 0.3) is 28.7 Å². The van der Waals surface area contributed by atoms with Crippen LogP contribution in [0.3, 0.4) is 0 Å². The van der Waals surface area contributed by atoms with Crippen LogP contribution in [0, 0.1) is 5.82 Å². The highest BCUT2D eigenvalue weighted by atomic mass is 19.1. The van der Waals surface area contributed by atoms with E-state index in [9.17, 15) is 9.18 Å². The van der Waals surface area contributed by atoms with Crippen molar-refractivity contribution in [3.63, 3.8) is 0 Å². The Morgan fingerprint density at radius 3 is 2.31 bits per heavy atom. The molecule has 0 aliphatic heterocycles. The Hall–Kier alpha value is -3.53. The Labute approximate surface area is 149 Å². The summed E-state index contributed by atoms with van der Waals surface area (Å²) in [7, 11) is 0. The molecule has 0 unspecified atom stereocenters. The molecule has 3 aromatic carbocycles. The molecule has 0 fully saturated rings. The van der Waals surface area contributed by atoms with Crippen LogP contribution >= 0.6 is 0 Å². The van der Waals surface area contributed by atoms with Gasteiger partial charge in [-0.1, -0.05) is 48.5 Å². The Morgan fingerprint density at radius 2 is 1.50 bits per heavy atom. The van der Waals surface area contributed by atoms with E-state index in [1.54, 1.807) is 47.1 Å². The van der Waals surface area contributed by atoms with E-state index in [-0.39, 0.29) is 11.4 Å². The molecule has 0 radical (unpaired) electrons. The van der Waals surface area contributed by atoms with E-state index < -0.39 is 0 Å². The lowest BCUT2D eigenvalue weighted by Gasteiger charge is -2.11. The zero-order valence-electron chi connectivity index (χ0n) is 13.8. The Kier molecular flexibility index (Phi) is 4.15. The smallest absolute Gasteiger partial charge is 0.266 e. The molecule has 3 nitrogen and oxygen atoms in total. The van der Waals surface area contributed by atoms with E-state index >= 15 is 0 Å². The first-order chi connectivity index (χ1) is 12.7. The van der Waals surface area contributed by atoms with E-state index in [4.69, 9.17) is 0 Å². The lowest BCUT2D eigenvalue weighted by Crippen LogP contribution is -2.22.